The number of anilines is 1. The van der Waals surface area contributed by atoms with Gasteiger partial charge in [0.25, 0.3) is 0 Å². The number of nitriles is 1. The first-order chi connectivity index (χ1) is 16.7. The lowest BCUT2D eigenvalue weighted by atomic mass is 10.2. The zero-order chi connectivity index (χ0) is 23.3. The Bertz CT molecular complexity index is 1310. The van der Waals surface area contributed by atoms with Crippen molar-refractivity contribution in [1.82, 2.24) is 19.7 Å². The van der Waals surface area contributed by atoms with E-state index in [0.29, 0.717) is 36.0 Å². The first-order valence-corrected chi connectivity index (χ1v) is 11.0. The lowest BCUT2D eigenvalue weighted by Gasteiger charge is -2.35. The zero-order valence-electron chi connectivity index (χ0n) is 18.8. The number of carbonyl (C=O) groups is 1. The smallest absolute Gasteiger partial charge is 0.346 e. The van der Waals surface area contributed by atoms with Crippen LogP contribution in [-0.2, 0) is 0 Å². The molecule has 0 radical (unpaired) electrons. The van der Waals surface area contributed by atoms with Gasteiger partial charge in [-0.2, -0.15) is 9.94 Å². The van der Waals surface area contributed by atoms with E-state index in [9.17, 15) is 4.79 Å². The number of para-hydroxylation sites is 1. The molecule has 1 aliphatic heterocycles. The fraction of sp³-hybridized carbons (Fsp3) is 0.154. The quantitative estimate of drug-likeness (QED) is 0.411. The zero-order valence-corrected chi connectivity index (χ0v) is 19.6. The van der Waals surface area contributed by atoms with Gasteiger partial charge in [0.2, 0.25) is 0 Å². The minimum atomic E-state index is -0.174. The molecule has 0 unspecified atom stereocenters. The highest BCUT2D eigenvalue weighted by atomic mass is 35.5. The molecule has 3 aromatic carbocycles. The molecule has 1 aromatic heterocycles. The second kappa shape index (κ2) is 10.7. The molecule has 1 amide bonds. The second-order valence-corrected chi connectivity index (χ2v) is 7.87. The van der Waals surface area contributed by atoms with Crippen molar-refractivity contribution in [2.75, 3.05) is 31.1 Å². The summed E-state index contributed by atoms with van der Waals surface area (Å²) in [5.74, 6) is 1.77. The van der Waals surface area contributed by atoms with Gasteiger partial charge < -0.3 is 14.5 Å². The number of nitrogens with zero attached hydrogens (tertiary/aromatic N) is 6. The van der Waals surface area contributed by atoms with E-state index in [1.807, 2.05) is 42.5 Å². The maximum Gasteiger partial charge on any atom is 0.346 e. The average molecular weight is 487 g/mol. The first-order valence-electron chi connectivity index (χ1n) is 11.0. The molecule has 176 valence electrons. The summed E-state index contributed by atoms with van der Waals surface area (Å²) in [5, 5.41) is 13.3. The Hall–Kier alpha value is -4.35. The summed E-state index contributed by atoms with van der Waals surface area (Å²) in [4.78, 5) is 21.3. The summed E-state index contributed by atoms with van der Waals surface area (Å²) < 4.78 is 7.11. The van der Waals surface area contributed by atoms with Gasteiger partial charge in [-0.1, -0.05) is 18.2 Å². The van der Waals surface area contributed by atoms with Crippen LogP contribution in [0.5, 0.6) is 11.5 Å². The van der Waals surface area contributed by atoms with Crippen molar-refractivity contribution < 1.29 is 9.53 Å². The molecule has 0 saturated carbocycles. The van der Waals surface area contributed by atoms with Crippen LogP contribution in [0.15, 0.2) is 85.2 Å². The third-order valence-corrected chi connectivity index (χ3v) is 5.69. The normalized spacial score (nSPS) is 13.0. The maximum absolute atomic E-state index is 12.9. The molecule has 2 heterocycles. The largest absolute Gasteiger partial charge is 0.457 e. The van der Waals surface area contributed by atoms with Crippen molar-refractivity contribution in [1.29, 1.82) is 5.26 Å². The van der Waals surface area contributed by atoms with Crippen molar-refractivity contribution in [2.24, 2.45) is 0 Å². The predicted octanol–water partition coefficient (Wildman–Crippen LogP) is 4.82. The van der Waals surface area contributed by atoms with E-state index in [4.69, 9.17) is 10.00 Å². The average Bonchev–Trinajstić information content (AvgIpc) is 3.40. The first kappa shape index (κ1) is 23.8. The highest BCUT2D eigenvalue weighted by molar-refractivity contribution is 5.85. The van der Waals surface area contributed by atoms with Crippen molar-refractivity contribution in [3.05, 3.63) is 90.8 Å². The van der Waals surface area contributed by atoms with Gasteiger partial charge in [-0.25, -0.2) is 9.78 Å². The third kappa shape index (κ3) is 5.42. The van der Waals surface area contributed by atoms with E-state index in [1.165, 1.54) is 16.7 Å². The number of halogens is 1. The summed E-state index contributed by atoms with van der Waals surface area (Å²) in [6.07, 6.45) is 1.46. The van der Waals surface area contributed by atoms with Gasteiger partial charge >= 0.3 is 6.03 Å². The topological polar surface area (TPSA) is 87.3 Å². The Morgan fingerprint density at radius 3 is 2.11 bits per heavy atom. The summed E-state index contributed by atoms with van der Waals surface area (Å²) in [6.45, 7) is 2.81. The number of piperazine rings is 1. The summed E-state index contributed by atoms with van der Waals surface area (Å²) in [7, 11) is 0. The van der Waals surface area contributed by atoms with Crippen LogP contribution in [0, 0.1) is 11.3 Å². The highest BCUT2D eigenvalue weighted by Gasteiger charge is 2.23. The van der Waals surface area contributed by atoms with Gasteiger partial charge in [-0.05, 0) is 60.7 Å². The van der Waals surface area contributed by atoms with Crippen LogP contribution in [0.2, 0.25) is 0 Å². The number of rotatable bonds is 4. The van der Waals surface area contributed by atoms with Crippen LogP contribution < -0.4 is 9.64 Å². The van der Waals surface area contributed by atoms with Crippen LogP contribution in [0.4, 0.5) is 10.5 Å². The minimum absolute atomic E-state index is 0. The number of ether oxygens (including phenoxy) is 1. The van der Waals surface area contributed by atoms with Crippen LogP contribution >= 0.6 is 12.4 Å². The molecule has 0 atom stereocenters. The Balaban J connectivity index is 0.00000289. The Morgan fingerprint density at radius 1 is 0.857 bits per heavy atom. The summed E-state index contributed by atoms with van der Waals surface area (Å²) >= 11 is 0. The maximum atomic E-state index is 12.9. The van der Waals surface area contributed by atoms with Crippen molar-refractivity contribution in [3.63, 3.8) is 0 Å². The van der Waals surface area contributed by atoms with E-state index in [1.54, 1.807) is 29.2 Å². The van der Waals surface area contributed by atoms with E-state index >= 15 is 0 Å². The van der Waals surface area contributed by atoms with Crippen molar-refractivity contribution in [3.8, 4) is 29.0 Å². The number of hydrogen-bond donors (Lipinski definition) is 0. The molecule has 5 rings (SSSR count). The van der Waals surface area contributed by atoms with Crippen molar-refractivity contribution >= 4 is 24.1 Å². The monoisotopic (exact) mass is 486 g/mol. The molecular weight excluding hydrogens is 464 g/mol. The Morgan fingerprint density at radius 2 is 1.49 bits per heavy atom. The van der Waals surface area contributed by atoms with Gasteiger partial charge in [0.15, 0.2) is 5.82 Å². The molecular formula is C26H23ClN6O2. The molecule has 8 nitrogen and oxygen atoms in total. The predicted molar refractivity (Wildman–Crippen MR) is 135 cm³/mol. The fourth-order valence-electron chi connectivity index (χ4n) is 3.83. The Kier molecular flexibility index (Phi) is 7.29. The Labute approximate surface area is 209 Å². The molecule has 1 aliphatic rings. The van der Waals surface area contributed by atoms with Gasteiger partial charge in [-0.15, -0.1) is 17.5 Å². The van der Waals surface area contributed by atoms with Crippen LogP contribution in [0.3, 0.4) is 0 Å². The van der Waals surface area contributed by atoms with Gasteiger partial charge in [-0.3, -0.25) is 0 Å². The lowest BCUT2D eigenvalue weighted by molar-refractivity contribution is 0.192. The van der Waals surface area contributed by atoms with E-state index in [0.717, 1.165) is 18.7 Å². The fourth-order valence-corrected chi connectivity index (χ4v) is 3.83. The number of aromatic nitrogens is 3. The highest BCUT2D eigenvalue weighted by Crippen LogP contribution is 2.24. The van der Waals surface area contributed by atoms with Gasteiger partial charge in [0, 0.05) is 37.4 Å². The van der Waals surface area contributed by atoms with Gasteiger partial charge in [0.1, 0.15) is 17.8 Å². The molecule has 4 aromatic rings. The molecule has 0 bridgehead atoms. The molecule has 35 heavy (non-hydrogen) atoms. The minimum Gasteiger partial charge on any atom is -0.457 e. The molecule has 0 aliphatic carbocycles. The van der Waals surface area contributed by atoms with E-state index in [-0.39, 0.29) is 18.4 Å². The molecule has 1 fully saturated rings. The number of hydrogen-bond acceptors (Lipinski definition) is 6. The lowest BCUT2D eigenvalue weighted by Crippen LogP contribution is -2.50. The van der Waals surface area contributed by atoms with E-state index in [2.05, 4.69) is 33.2 Å². The molecule has 0 spiro atoms. The van der Waals surface area contributed by atoms with Crippen LogP contribution in [-0.4, -0.2) is 51.9 Å². The summed E-state index contributed by atoms with van der Waals surface area (Å²) in [5.41, 5.74) is 2.54. The molecule has 0 N–H and O–H groups in total. The summed E-state index contributed by atoms with van der Waals surface area (Å²) in [6, 6.07) is 26.4. The van der Waals surface area contributed by atoms with Crippen molar-refractivity contribution in [2.45, 2.75) is 0 Å². The van der Waals surface area contributed by atoms with Crippen LogP contribution in [0.1, 0.15) is 5.56 Å². The van der Waals surface area contributed by atoms with E-state index < -0.39 is 0 Å². The SMILES string of the molecule is Cl.N#Cc1ccc(Oc2ccc(-c3ncn(C(=O)N4CCN(c5ccccc5)CC4)n3)cc2)cc1. The number of carbonyl (C=O) groups excluding carboxylic acids is 1. The second-order valence-electron chi connectivity index (χ2n) is 7.87. The standard InChI is InChI=1S/C26H22N6O2.ClH/c27-18-20-6-10-23(11-7-20)34-24-12-8-21(9-13-24)25-28-19-32(29-25)26(33)31-16-14-30(15-17-31)22-4-2-1-3-5-22;/h1-13,19H,14-17H2;1H. The molecule has 1 saturated heterocycles. The van der Waals surface area contributed by atoms with Gasteiger partial charge in [0.05, 0.1) is 11.6 Å². The number of amides is 1. The third-order valence-electron chi connectivity index (χ3n) is 5.69. The molecule has 9 heteroatoms. The number of benzene rings is 3. The van der Waals surface area contributed by atoms with Crippen LogP contribution in [0.25, 0.3) is 11.4 Å².